The van der Waals surface area contributed by atoms with Crippen LogP contribution in [0.3, 0.4) is 0 Å². The lowest BCUT2D eigenvalue weighted by Gasteiger charge is -2.14. The minimum absolute atomic E-state index is 0.0146. The van der Waals surface area contributed by atoms with Gasteiger partial charge in [0, 0.05) is 37.5 Å². The first-order valence-electron chi connectivity index (χ1n) is 9.53. The molecule has 0 saturated carbocycles. The average Bonchev–Trinajstić information content (AvgIpc) is 3.00. The number of likely N-dealkylation sites (tertiary alicyclic amines) is 1. The summed E-state index contributed by atoms with van der Waals surface area (Å²) >= 11 is 0. The molecule has 0 spiro atoms. The fraction of sp³-hybridized carbons (Fsp3) is 0.500. The third kappa shape index (κ3) is 6.48. The van der Waals surface area contributed by atoms with Crippen molar-refractivity contribution in [2.75, 3.05) is 26.8 Å². The van der Waals surface area contributed by atoms with Crippen molar-refractivity contribution in [3.63, 3.8) is 0 Å². The minimum Gasteiger partial charge on any atom is -0.493 e. The maximum absolute atomic E-state index is 12.3. The minimum atomic E-state index is -0.313. The van der Waals surface area contributed by atoms with Gasteiger partial charge < -0.3 is 20.1 Å². The Bertz CT molecular complexity index is 761. The summed E-state index contributed by atoms with van der Waals surface area (Å²) in [6.07, 6.45) is 1.00. The van der Waals surface area contributed by atoms with Gasteiger partial charge in [-0.2, -0.15) is 0 Å². The molecule has 29 heavy (non-hydrogen) atoms. The van der Waals surface area contributed by atoms with Crippen LogP contribution in [-0.4, -0.2) is 61.4 Å². The van der Waals surface area contributed by atoms with Gasteiger partial charge >= 0.3 is 0 Å². The van der Waals surface area contributed by atoms with E-state index in [2.05, 4.69) is 10.6 Å². The van der Waals surface area contributed by atoms with Gasteiger partial charge in [0.25, 0.3) is 11.8 Å². The molecule has 0 aromatic heterocycles. The summed E-state index contributed by atoms with van der Waals surface area (Å²) in [5, 5.41) is 5.47. The number of rotatable bonds is 10. The molecule has 1 aromatic rings. The molecular formula is C20H27N3O6. The van der Waals surface area contributed by atoms with Crippen LogP contribution in [0.1, 0.15) is 43.5 Å². The predicted octanol–water partition coefficient (Wildman–Crippen LogP) is 0.868. The molecule has 1 saturated heterocycles. The standard InChI is InChI=1S/C20H27N3O6/c1-13(2)22-17(24)12-29-15-6-5-14(11-16(15)28-3)20(27)21-9-4-10-23-18(25)7-8-19(23)26/h5-6,11,13H,4,7-10,12H2,1-3H3,(H,21,27)(H,22,24). The highest BCUT2D eigenvalue weighted by atomic mass is 16.5. The topological polar surface area (TPSA) is 114 Å². The molecule has 2 rings (SSSR count). The van der Waals surface area contributed by atoms with Crippen LogP contribution in [0.5, 0.6) is 11.5 Å². The number of methoxy groups -OCH3 is 1. The highest BCUT2D eigenvalue weighted by Crippen LogP contribution is 2.28. The highest BCUT2D eigenvalue weighted by Gasteiger charge is 2.27. The summed E-state index contributed by atoms with van der Waals surface area (Å²) in [4.78, 5) is 48.4. The van der Waals surface area contributed by atoms with Crippen molar-refractivity contribution in [2.24, 2.45) is 0 Å². The van der Waals surface area contributed by atoms with Crippen molar-refractivity contribution in [2.45, 2.75) is 39.2 Å². The molecule has 1 aliphatic heterocycles. The summed E-state index contributed by atoms with van der Waals surface area (Å²) in [6, 6.07) is 4.68. The molecule has 0 radical (unpaired) electrons. The van der Waals surface area contributed by atoms with Crippen LogP contribution >= 0.6 is 0 Å². The lowest BCUT2D eigenvalue weighted by atomic mass is 10.2. The Kier molecular flexibility index (Phi) is 7.99. The van der Waals surface area contributed by atoms with Crippen LogP contribution in [0.15, 0.2) is 18.2 Å². The molecule has 158 valence electrons. The van der Waals surface area contributed by atoms with Gasteiger partial charge in [0.1, 0.15) is 0 Å². The molecule has 9 heteroatoms. The first-order chi connectivity index (χ1) is 13.8. The molecule has 0 bridgehead atoms. The maximum atomic E-state index is 12.3. The second-order valence-corrected chi connectivity index (χ2v) is 6.93. The number of nitrogens with zero attached hydrogens (tertiary/aromatic N) is 1. The first-order valence-corrected chi connectivity index (χ1v) is 9.53. The molecule has 1 aromatic carbocycles. The fourth-order valence-corrected chi connectivity index (χ4v) is 2.85. The lowest BCUT2D eigenvalue weighted by molar-refractivity contribution is -0.138. The van der Waals surface area contributed by atoms with E-state index in [-0.39, 0.29) is 49.1 Å². The fourth-order valence-electron chi connectivity index (χ4n) is 2.85. The van der Waals surface area contributed by atoms with E-state index in [9.17, 15) is 19.2 Å². The lowest BCUT2D eigenvalue weighted by Crippen LogP contribution is -2.34. The van der Waals surface area contributed by atoms with Gasteiger partial charge in [0.15, 0.2) is 18.1 Å². The van der Waals surface area contributed by atoms with E-state index in [1.54, 1.807) is 12.1 Å². The number of amides is 4. The van der Waals surface area contributed by atoms with Crippen LogP contribution < -0.4 is 20.1 Å². The van der Waals surface area contributed by atoms with Crippen molar-refractivity contribution < 1.29 is 28.7 Å². The normalized spacial score (nSPS) is 13.6. The van der Waals surface area contributed by atoms with Crippen LogP contribution in [-0.2, 0) is 14.4 Å². The summed E-state index contributed by atoms with van der Waals surface area (Å²) in [5.74, 6) is -0.199. The predicted molar refractivity (Wildman–Crippen MR) is 105 cm³/mol. The molecule has 0 atom stereocenters. The van der Waals surface area contributed by atoms with Gasteiger partial charge in [-0.25, -0.2) is 0 Å². The maximum Gasteiger partial charge on any atom is 0.258 e. The Hall–Kier alpha value is -3.10. The van der Waals surface area contributed by atoms with Crippen molar-refractivity contribution >= 4 is 23.6 Å². The Morgan fingerprint density at radius 2 is 1.83 bits per heavy atom. The zero-order chi connectivity index (χ0) is 21.4. The largest absolute Gasteiger partial charge is 0.493 e. The number of carbonyl (C=O) groups excluding carboxylic acids is 4. The van der Waals surface area contributed by atoms with Crippen LogP contribution in [0.4, 0.5) is 0 Å². The van der Waals surface area contributed by atoms with E-state index in [0.717, 1.165) is 0 Å². The average molecular weight is 405 g/mol. The van der Waals surface area contributed by atoms with Crippen LogP contribution in [0, 0.1) is 0 Å². The Morgan fingerprint density at radius 1 is 1.14 bits per heavy atom. The first kappa shape index (κ1) is 22.2. The summed E-state index contributed by atoms with van der Waals surface area (Å²) in [7, 11) is 1.45. The van der Waals surface area contributed by atoms with E-state index in [0.29, 0.717) is 36.6 Å². The molecule has 1 aliphatic rings. The number of benzene rings is 1. The van der Waals surface area contributed by atoms with E-state index >= 15 is 0 Å². The number of ether oxygens (including phenoxy) is 2. The summed E-state index contributed by atoms with van der Waals surface area (Å²) in [5.41, 5.74) is 0.370. The molecule has 9 nitrogen and oxygen atoms in total. The SMILES string of the molecule is COc1cc(C(=O)NCCCN2C(=O)CCC2=O)ccc1OCC(=O)NC(C)C. The molecular weight excluding hydrogens is 378 g/mol. The van der Waals surface area contributed by atoms with Gasteiger partial charge in [-0.15, -0.1) is 0 Å². The van der Waals surface area contributed by atoms with Gasteiger partial charge in [-0.3, -0.25) is 24.1 Å². The van der Waals surface area contributed by atoms with E-state index < -0.39 is 0 Å². The summed E-state index contributed by atoms with van der Waals surface area (Å²) < 4.78 is 10.7. The van der Waals surface area contributed by atoms with Crippen LogP contribution in [0.2, 0.25) is 0 Å². The monoisotopic (exact) mass is 405 g/mol. The van der Waals surface area contributed by atoms with Crippen molar-refractivity contribution in [1.82, 2.24) is 15.5 Å². The third-order valence-electron chi connectivity index (χ3n) is 4.23. The number of nitrogens with one attached hydrogen (secondary N) is 2. The van der Waals surface area contributed by atoms with Gasteiger partial charge in [-0.05, 0) is 38.5 Å². The van der Waals surface area contributed by atoms with E-state index in [1.165, 1.54) is 18.1 Å². The van der Waals surface area contributed by atoms with E-state index in [1.807, 2.05) is 13.8 Å². The molecule has 2 N–H and O–H groups in total. The van der Waals surface area contributed by atoms with Gasteiger partial charge in [0.2, 0.25) is 11.8 Å². The zero-order valence-corrected chi connectivity index (χ0v) is 16.9. The van der Waals surface area contributed by atoms with Crippen LogP contribution in [0.25, 0.3) is 0 Å². The number of hydrogen-bond donors (Lipinski definition) is 2. The zero-order valence-electron chi connectivity index (χ0n) is 16.9. The smallest absolute Gasteiger partial charge is 0.258 e. The Labute approximate surface area is 169 Å². The van der Waals surface area contributed by atoms with Crippen molar-refractivity contribution in [3.8, 4) is 11.5 Å². The molecule has 0 unspecified atom stereocenters. The number of carbonyl (C=O) groups is 4. The summed E-state index contributed by atoms with van der Waals surface area (Å²) in [6.45, 7) is 4.17. The second kappa shape index (κ2) is 10.4. The quantitative estimate of drug-likeness (QED) is 0.441. The second-order valence-electron chi connectivity index (χ2n) is 6.93. The highest BCUT2D eigenvalue weighted by molar-refractivity contribution is 6.01. The Morgan fingerprint density at radius 3 is 2.45 bits per heavy atom. The Balaban J connectivity index is 1.84. The molecule has 1 fully saturated rings. The third-order valence-corrected chi connectivity index (χ3v) is 4.23. The van der Waals surface area contributed by atoms with E-state index in [4.69, 9.17) is 9.47 Å². The molecule has 1 heterocycles. The van der Waals surface area contributed by atoms with Gasteiger partial charge in [-0.1, -0.05) is 0 Å². The molecule has 4 amide bonds. The number of imide groups is 1. The molecule has 0 aliphatic carbocycles. The van der Waals surface area contributed by atoms with Crippen molar-refractivity contribution in [1.29, 1.82) is 0 Å². The van der Waals surface area contributed by atoms with Crippen molar-refractivity contribution in [3.05, 3.63) is 23.8 Å². The van der Waals surface area contributed by atoms with Gasteiger partial charge in [0.05, 0.1) is 7.11 Å². The number of hydrogen-bond acceptors (Lipinski definition) is 6.